The summed E-state index contributed by atoms with van der Waals surface area (Å²) in [6, 6.07) is 8.63. The highest BCUT2D eigenvalue weighted by molar-refractivity contribution is 5.93. The van der Waals surface area contributed by atoms with Crippen LogP contribution in [0.2, 0.25) is 0 Å². The van der Waals surface area contributed by atoms with Crippen LogP contribution in [-0.4, -0.2) is 28.5 Å². The van der Waals surface area contributed by atoms with Gasteiger partial charge in [0.1, 0.15) is 0 Å². The molecule has 126 valence electrons. The largest absolute Gasteiger partial charge is 0.352 e. The molecule has 1 atom stereocenters. The van der Waals surface area contributed by atoms with E-state index in [0.717, 1.165) is 18.5 Å². The van der Waals surface area contributed by atoms with E-state index in [-0.39, 0.29) is 5.91 Å². The van der Waals surface area contributed by atoms with Gasteiger partial charge in [-0.15, -0.1) is 0 Å². The SMILES string of the molecule is CC(C)CCNC(=O)c1cnc(N2c3ccccc3CC2C)nc1. The van der Waals surface area contributed by atoms with E-state index in [1.165, 1.54) is 5.56 Å². The minimum Gasteiger partial charge on any atom is -0.352 e. The molecule has 5 nitrogen and oxygen atoms in total. The van der Waals surface area contributed by atoms with Crippen LogP contribution in [0, 0.1) is 5.92 Å². The maximum Gasteiger partial charge on any atom is 0.254 e. The highest BCUT2D eigenvalue weighted by Gasteiger charge is 2.28. The molecule has 0 saturated carbocycles. The average molecular weight is 324 g/mol. The van der Waals surface area contributed by atoms with Gasteiger partial charge in [0.05, 0.1) is 5.56 Å². The van der Waals surface area contributed by atoms with Crippen molar-refractivity contribution >= 4 is 17.5 Å². The minimum absolute atomic E-state index is 0.114. The second-order valence-corrected chi connectivity index (χ2v) is 6.76. The van der Waals surface area contributed by atoms with Gasteiger partial charge in [-0.25, -0.2) is 9.97 Å². The van der Waals surface area contributed by atoms with Gasteiger partial charge in [-0.3, -0.25) is 4.79 Å². The summed E-state index contributed by atoms with van der Waals surface area (Å²) in [5.74, 6) is 1.10. The smallest absolute Gasteiger partial charge is 0.254 e. The molecule has 1 aliphatic rings. The van der Waals surface area contributed by atoms with Crippen LogP contribution in [0.4, 0.5) is 11.6 Å². The maximum atomic E-state index is 12.1. The van der Waals surface area contributed by atoms with Gasteiger partial charge in [-0.1, -0.05) is 32.0 Å². The first-order valence-corrected chi connectivity index (χ1v) is 8.53. The Bertz CT molecular complexity index is 712. The van der Waals surface area contributed by atoms with E-state index >= 15 is 0 Å². The summed E-state index contributed by atoms with van der Waals surface area (Å²) >= 11 is 0. The molecule has 2 heterocycles. The quantitative estimate of drug-likeness (QED) is 0.916. The summed E-state index contributed by atoms with van der Waals surface area (Å²) in [7, 11) is 0. The van der Waals surface area contributed by atoms with E-state index < -0.39 is 0 Å². The number of anilines is 2. The second-order valence-electron chi connectivity index (χ2n) is 6.76. The van der Waals surface area contributed by atoms with Crippen molar-refractivity contribution in [2.24, 2.45) is 5.92 Å². The number of fused-ring (bicyclic) bond motifs is 1. The van der Waals surface area contributed by atoms with Crippen molar-refractivity contribution in [2.75, 3.05) is 11.4 Å². The molecule has 0 aliphatic carbocycles. The summed E-state index contributed by atoms with van der Waals surface area (Å²) in [5.41, 5.74) is 2.96. The van der Waals surface area contributed by atoms with Crippen LogP contribution in [0.15, 0.2) is 36.7 Å². The molecule has 0 spiro atoms. The number of hydrogen-bond acceptors (Lipinski definition) is 4. The normalized spacial score (nSPS) is 16.3. The molecule has 1 unspecified atom stereocenters. The van der Waals surface area contributed by atoms with E-state index in [9.17, 15) is 4.79 Å². The molecule has 0 radical (unpaired) electrons. The number of benzene rings is 1. The summed E-state index contributed by atoms with van der Waals surface area (Å²) in [6.07, 6.45) is 5.17. The lowest BCUT2D eigenvalue weighted by Gasteiger charge is -2.22. The van der Waals surface area contributed by atoms with Crippen LogP contribution < -0.4 is 10.2 Å². The zero-order valence-corrected chi connectivity index (χ0v) is 14.5. The van der Waals surface area contributed by atoms with Gasteiger partial charge in [0.15, 0.2) is 0 Å². The predicted octanol–water partition coefficient (Wildman–Crippen LogP) is 3.34. The highest BCUT2D eigenvalue weighted by atomic mass is 16.1. The summed E-state index contributed by atoms with van der Waals surface area (Å²) in [4.78, 5) is 23.1. The molecule has 0 bridgehead atoms. The third-order valence-electron chi connectivity index (χ3n) is 4.33. The van der Waals surface area contributed by atoms with Crippen molar-refractivity contribution in [1.82, 2.24) is 15.3 Å². The minimum atomic E-state index is -0.114. The van der Waals surface area contributed by atoms with E-state index in [1.54, 1.807) is 12.4 Å². The Morgan fingerprint density at radius 1 is 1.29 bits per heavy atom. The lowest BCUT2D eigenvalue weighted by atomic mass is 10.1. The van der Waals surface area contributed by atoms with Crippen molar-refractivity contribution in [1.29, 1.82) is 0 Å². The number of rotatable bonds is 5. The second kappa shape index (κ2) is 6.99. The Hall–Kier alpha value is -2.43. The van der Waals surface area contributed by atoms with Crippen LogP contribution in [0.1, 0.15) is 43.1 Å². The van der Waals surface area contributed by atoms with Crippen molar-refractivity contribution in [3.05, 3.63) is 47.8 Å². The lowest BCUT2D eigenvalue weighted by Crippen LogP contribution is -2.27. The van der Waals surface area contributed by atoms with E-state index in [1.807, 2.05) is 6.07 Å². The maximum absolute atomic E-state index is 12.1. The van der Waals surface area contributed by atoms with Gasteiger partial charge in [0, 0.05) is 30.7 Å². The van der Waals surface area contributed by atoms with Crippen LogP contribution >= 0.6 is 0 Å². The molecule has 5 heteroatoms. The Balaban J connectivity index is 1.72. The molecule has 1 aliphatic heterocycles. The third-order valence-corrected chi connectivity index (χ3v) is 4.33. The van der Waals surface area contributed by atoms with Gasteiger partial charge in [0.25, 0.3) is 5.91 Å². The van der Waals surface area contributed by atoms with Crippen molar-refractivity contribution in [3.63, 3.8) is 0 Å². The predicted molar refractivity (Wildman–Crippen MR) is 95.6 cm³/mol. The molecule has 1 amide bonds. The fourth-order valence-electron chi connectivity index (χ4n) is 3.01. The fourth-order valence-corrected chi connectivity index (χ4v) is 3.01. The molecule has 2 aromatic rings. The number of amides is 1. The number of aromatic nitrogens is 2. The van der Waals surface area contributed by atoms with Crippen molar-refractivity contribution in [2.45, 2.75) is 39.7 Å². The van der Waals surface area contributed by atoms with E-state index in [2.05, 4.69) is 59.2 Å². The highest BCUT2D eigenvalue weighted by Crippen LogP contribution is 2.35. The molecule has 0 saturated heterocycles. The van der Waals surface area contributed by atoms with Gasteiger partial charge in [-0.2, -0.15) is 0 Å². The van der Waals surface area contributed by atoms with E-state index in [4.69, 9.17) is 0 Å². The standard InChI is InChI=1S/C19H24N4O/c1-13(2)8-9-20-18(24)16-11-21-19(22-12-16)23-14(3)10-15-6-4-5-7-17(15)23/h4-7,11-14H,8-10H2,1-3H3,(H,20,24). The van der Waals surface area contributed by atoms with Gasteiger partial charge < -0.3 is 10.2 Å². The zero-order valence-electron chi connectivity index (χ0n) is 14.5. The van der Waals surface area contributed by atoms with Crippen LogP contribution in [0.5, 0.6) is 0 Å². The molecule has 1 aromatic carbocycles. The molecule has 24 heavy (non-hydrogen) atoms. The summed E-state index contributed by atoms with van der Waals surface area (Å²) in [6.45, 7) is 7.11. The lowest BCUT2D eigenvalue weighted by molar-refractivity contribution is 0.0951. The first kappa shape index (κ1) is 16.4. The topological polar surface area (TPSA) is 58.1 Å². The Morgan fingerprint density at radius 3 is 2.71 bits per heavy atom. The van der Waals surface area contributed by atoms with Gasteiger partial charge in [-0.05, 0) is 37.3 Å². The van der Waals surface area contributed by atoms with E-state index in [0.29, 0.717) is 30.0 Å². The molecule has 1 N–H and O–H groups in total. The number of carbonyl (C=O) groups is 1. The summed E-state index contributed by atoms with van der Waals surface area (Å²) in [5, 5.41) is 2.91. The van der Waals surface area contributed by atoms with Gasteiger partial charge in [0.2, 0.25) is 5.95 Å². The Labute approximate surface area is 143 Å². The molecule has 3 rings (SSSR count). The van der Waals surface area contributed by atoms with Gasteiger partial charge >= 0.3 is 0 Å². The van der Waals surface area contributed by atoms with Crippen LogP contribution in [0.25, 0.3) is 0 Å². The number of para-hydroxylation sites is 1. The molecule has 0 fully saturated rings. The van der Waals surface area contributed by atoms with Crippen LogP contribution in [0.3, 0.4) is 0 Å². The summed E-state index contributed by atoms with van der Waals surface area (Å²) < 4.78 is 0. The number of nitrogens with one attached hydrogen (secondary N) is 1. The first-order chi connectivity index (χ1) is 11.6. The zero-order chi connectivity index (χ0) is 17.1. The van der Waals surface area contributed by atoms with Crippen molar-refractivity contribution in [3.8, 4) is 0 Å². The number of hydrogen-bond donors (Lipinski definition) is 1. The Morgan fingerprint density at radius 2 is 2.00 bits per heavy atom. The average Bonchev–Trinajstić information content (AvgIpc) is 2.90. The molecular weight excluding hydrogens is 300 g/mol. The molecular formula is C19H24N4O. The number of carbonyl (C=O) groups excluding carboxylic acids is 1. The van der Waals surface area contributed by atoms with Crippen LogP contribution in [-0.2, 0) is 6.42 Å². The third kappa shape index (κ3) is 3.40. The Kier molecular flexibility index (Phi) is 4.79. The fraction of sp³-hybridized carbons (Fsp3) is 0.421. The first-order valence-electron chi connectivity index (χ1n) is 8.53. The van der Waals surface area contributed by atoms with Crippen molar-refractivity contribution < 1.29 is 4.79 Å². The molecule has 1 aromatic heterocycles. The number of nitrogens with zero attached hydrogens (tertiary/aromatic N) is 3. The monoisotopic (exact) mass is 324 g/mol.